The summed E-state index contributed by atoms with van der Waals surface area (Å²) in [5.41, 5.74) is 8.32. The predicted molar refractivity (Wildman–Crippen MR) is 76.3 cm³/mol. The zero-order valence-electron chi connectivity index (χ0n) is 11.9. The molecule has 0 radical (unpaired) electrons. The van der Waals surface area contributed by atoms with Crippen LogP contribution in [0.25, 0.3) is 5.65 Å². The van der Waals surface area contributed by atoms with E-state index in [1.807, 2.05) is 13.0 Å². The van der Waals surface area contributed by atoms with E-state index in [4.69, 9.17) is 5.73 Å². The Bertz CT molecular complexity index is 622. The van der Waals surface area contributed by atoms with Crippen LogP contribution in [0.3, 0.4) is 0 Å². The van der Waals surface area contributed by atoms with E-state index in [9.17, 15) is 4.79 Å². The van der Waals surface area contributed by atoms with Crippen molar-refractivity contribution in [3.05, 3.63) is 33.9 Å². The second-order valence-electron chi connectivity index (χ2n) is 4.77. The standard InChI is InChI=1S/C14H22N4O/c1-4-10(5-2)12-8-13-17(6-3)11(9-15)7-14(19)18(13)16-12/h7-8,10H,4-6,9,15H2,1-3H3. The number of nitrogens with zero attached hydrogens (tertiary/aromatic N) is 3. The van der Waals surface area contributed by atoms with Gasteiger partial charge in [-0.25, -0.2) is 0 Å². The maximum Gasteiger partial charge on any atom is 0.274 e. The van der Waals surface area contributed by atoms with Crippen molar-refractivity contribution in [3.63, 3.8) is 0 Å². The van der Waals surface area contributed by atoms with Crippen LogP contribution in [0.15, 0.2) is 16.9 Å². The lowest BCUT2D eigenvalue weighted by Gasteiger charge is -2.10. The van der Waals surface area contributed by atoms with E-state index in [0.29, 0.717) is 12.5 Å². The highest BCUT2D eigenvalue weighted by molar-refractivity contribution is 5.43. The van der Waals surface area contributed by atoms with E-state index in [0.717, 1.165) is 36.4 Å². The van der Waals surface area contributed by atoms with Crippen LogP contribution in [0.2, 0.25) is 0 Å². The highest BCUT2D eigenvalue weighted by atomic mass is 16.1. The SMILES string of the molecule is CCC(CC)c1cc2n(CC)c(CN)cc(=O)n2n1. The minimum Gasteiger partial charge on any atom is -0.329 e. The van der Waals surface area contributed by atoms with Crippen molar-refractivity contribution in [2.24, 2.45) is 5.73 Å². The monoisotopic (exact) mass is 262 g/mol. The number of hydrogen-bond donors (Lipinski definition) is 1. The summed E-state index contributed by atoms with van der Waals surface area (Å²) < 4.78 is 3.55. The third-order valence-corrected chi connectivity index (χ3v) is 3.76. The molecule has 0 spiro atoms. The van der Waals surface area contributed by atoms with Gasteiger partial charge in [-0.15, -0.1) is 0 Å². The zero-order valence-corrected chi connectivity index (χ0v) is 11.9. The van der Waals surface area contributed by atoms with E-state index in [1.165, 1.54) is 4.52 Å². The van der Waals surface area contributed by atoms with E-state index in [1.54, 1.807) is 6.07 Å². The topological polar surface area (TPSA) is 65.3 Å². The normalized spacial score (nSPS) is 11.6. The van der Waals surface area contributed by atoms with E-state index >= 15 is 0 Å². The molecule has 19 heavy (non-hydrogen) atoms. The smallest absolute Gasteiger partial charge is 0.274 e. The third kappa shape index (κ3) is 2.30. The minimum absolute atomic E-state index is 0.0997. The minimum atomic E-state index is -0.0997. The number of aromatic nitrogens is 3. The molecule has 0 amide bonds. The van der Waals surface area contributed by atoms with E-state index < -0.39 is 0 Å². The Kier molecular flexibility index (Phi) is 4.04. The van der Waals surface area contributed by atoms with Gasteiger partial charge in [-0.1, -0.05) is 13.8 Å². The molecule has 2 aromatic heterocycles. The molecular formula is C14H22N4O. The maximum absolute atomic E-state index is 12.1. The lowest BCUT2D eigenvalue weighted by molar-refractivity contribution is 0.613. The first-order valence-electron chi connectivity index (χ1n) is 6.98. The van der Waals surface area contributed by atoms with Crippen LogP contribution in [0.5, 0.6) is 0 Å². The van der Waals surface area contributed by atoms with Gasteiger partial charge in [0.1, 0.15) is 5.65 Å². The summed E-state index contributed by atoms with van der Waals surface area (Å²) >= 11 is 0. The highest BCUT2D eigenvalue weighted by Crippen LogP contribution is 2.22. The van der Waals surface area contributed by atoms with Gasteiger partial charge in [0.25, 0.3) is 5.56 Å². The zero-order chi connectivity index (χ0) is 14.0. The molecule has 2 aromatic rings. The summed E-state index contributed by atoms with van der Waals surface area (Å²) in [6, 6.07) is 3.61. The molecule has 2 N–H and O–H groups in total. The van der Waals surface area contributed by atoms with Gasteiger partial charge in [0, 0.05) is 36.8 Å². The van der Waals surface area contributed by atoms with Gasteiger partial charge < -0.3 is 10.3 Å². The Morgan fingerprint density at radius 3 is 2.47 bits per heavy atom. The van der Waals surface area contributed by atoms with Gasteiger partial charge in [-0.2, -0.15) is 9.61 Å². The Labute approximate surface area is 113 Å². The molecule has 2 rings (SSSR count). The third-order valence-electron chi connectivity index (χ3n) is 3.76. The lowest BCUT2D eigenvalue weighted by atomic mass is 10.00. The first-order chi connectivity index (χ1) is 9.15. The Morgan fingerprint density at radius 1 is 1.26 bits per heavy atom. The quantitative estimate of drug-likeness (QED) is 0.894. The van der Waals surface area contributed by atoms with Crippen LogP contribution in [0.1, 0.15) is 50.9 Å². The van der Waals surface area contributed by atoms with Crippen molar-refractivity contribution in [2.45, 2.75) is 52.6 Å². The molecule has 0 aromatic carbocycles. The van der Waals surface area contributed by atoms with Crippen molar-refractivity contribution in [1.82, 2.24) is 14.2 Å². The Morgan fingerprint density at radius 2 is 1.95 bits per heavy atom. The first kappa shape index (κ1) is 13.8. The fraction of sp³-hybridized carbons (Fsp3) is 0.571. The number of fused-ring (bicyclic) bond motifs is 1. The van der Waals surface area contributed by atoms with Gasteiger partial charge in [-0.3, -0.25) is 4.79 Å². The van der Waals surface area contributed by atoms with Crippen molar-refractivity contribution < 1.29 is 0 Å². The van der Waals surface area contributed by atoms with Crippen LogP contribution >= 0.6 is 0 Å². The van der Waals surface area contributed by atoms with Crippen LogP contribution in [0, 0.1) is 0 Å². The molecule has 0 aliphatic carbocycles. The van der Waals surface area contributed by atoms with Crippen molar-refractivity contribution in [3.8, 4) is 0 Å². The molecule has 5 heteroatoms. The van der Waals surface area contributed by atoms with Gasteiger partial charge in [0.05, 0.1) is 5.69 Å². The summed E-state index contributed by atoms with van der Waals surface area (Å²) in [5.74, 6) is 0.408. The fourth-order valence-electron chi connectivity index (χ4n) is 2.61. The molecule has 0 fully saturated rings. The van der Waals surface area contributed by atoms with Crippen LogP contribution in [-0.4, -0.2) is 14.2 Å². The Balaban J connectivity index is 2.70. The van der Waals surface area contributed by atoms with Crippen molar-refractivity contribution in [1.29, 1.82) is 0 Å². The molecule has 5 nitrogen and oxygen atoms in total. The largest absolute Gasteiger partial charge is 0.329 e. The average molecular weight is 262 g/mol. The summed E-state index contributed by atoms with van der Waals surface area (Å²) in [4.78, 5) is 12.1. The van der Waals surface area contributed by atoms with Crippen LogP contribution in [0.4, 0.5) is 0 Å². The fourth-order valence-corrected chi connectivity index (χ4v) is 2.61. The van der Waals surface area contributed by atoms with Gasteiger partial charge in [-0.05, 0) is 19.8 Å². The summed E-state index contributed by atoms with van der Waals surface area (Å²) in [6.07, 6.45) is 2.06. The molecule has 0 saturated heterocycles. The number of nitrogens with two attached hydrogens (primary N) is 1. The van der Waals surface area contributed by atoms with E-state index in [-0.39, 0.29) is 5.56 Å². The molecule has 2 heterocycles. The lowest BCUT2D eigenvalue weighted by Crippen LogP contribution is -2.22. The number of hydrogen-bond acceptors (Lipinski definition) is 3. The summed E-state index contributed by atoms with van der Waals surface area (Å²) in [6.45, 7) is 7.49. The first-order valence-corrected chi connectivity index (χ1v) is 6.98. The summed E-state index contributed by atoms with van der Waals surface area (Å²) in [5, 5.41) is 4.48. The van der Waals surface area contributed by atoms with Crippen LogP contribution < -0.4 is 11.3 Å². The number of aryl methyl sites for hydroxylation is 1. The predicted octanol–water partition coefficient (Wildman–Crippen LogP) is 1.88. The molecule has 0 saturated carbocycles. The molecule has 0 aliphatic heterocycles. The average Bonchev–Trinajstić information content (AvgIpc) is 2.85. The molecule has 0 aliphatic rings. The van der Waals surface area contributed by atoms with Gasteiger partial charge >= 0.3 is 0 Å². The van der Waals surface area contributed by atoms with Gasteiger partial charge in [0.2, 0.25) is 0 Å². The summed E-state index contributed by atoms with van der Waals surface area (Å²) in [7, 11) is 0. The maximum atomic E-state index is 12.1. The highest BCUT2D eigenvalue weighted by Gasteiger charge is 2.15. The van der Waals surface area contributed by atoms with Gasteiger partial charge in [0.15, 0.2) is 0 Å². The van der Waals surface area contributed by atoms with E-state index in [2.05, 4.69) is 23.5 Å². The number of rotatable bonds is 5. The van der Waals surface area contributed by atoms with Crippen LogP contribution in [-0.2, 0) is 13.1 Å². The molecule has 0 atom stereocenters. The second-order valence-corrected chi connectivity index (χ2v) is 4.77. The molecule has 0 unspecified atom stereocenters. The molecule has 0 bridgehead atoms. The Hall–Kier alpha value is -1.62. The molecule has 104 valence electrons. The van der Waals surface area contributed by atoms with Crippen molar-refractivity contribution in [2.75, 3.05) is 0 Å². The van der Waals surface area contributed by atoms with Crippen molar-refractivity contribution >= 4 is 5.65 Å². The second kappa shape index (κ2) is 5.57. The molecular weight excluding hydrogens is 240 g/mol.